The minimum absolute atomic E-state index is 0.141. The van der Waals surface area contributed by atoms with Crippen LogP contribution < -0.4 is 19.5 Å². The number of aromatic nitrogens is 2. The van der Waals surface area contributed by atoms with Crippen LogP contribution in [0, 0.1) is 6.92 Å². The minimum Gasteiger partial charge on any atom is -0.486 e. The van der Waals surface area contributed by atoms with Crippen LogP contribution >= 0.6 is 11.3 Å². The molecule has 1 aliphatic rings. The number of carbonyl (C=O) groups is 1. The van der Waals surface area contributed by atoms with Crippen LogP contribution in [0.5, 0.6) is 17.2 Å². The van der Waals surface area contributed by atoms with E-state index in [9.17, 15) is 4.79 Å². The Kier molecular flexibility index (Phi) is 5.38. The van der Waals surface area contributed by atoms with Gasteiger partial charge in [-0.15, -0.1) is 11.3 Å². The van der Waals surface area contributed by atoms with Crippen molar-refractivity contribution in [3.05, 3.63) is 58.3 Å². The molecule has 1 aliphatic heterocycles. The Labute approximate surface area is 166 Å². The summed E-state index contributed by atoms with van der Waals surface area (Å²) in [4.78, 5) is 21.0. The van der Waals surface area contributed by atoms with Crippen LogP contribution in [0.25, 0.3) is 0 Å². The Hall–Kier alpha value is -3.13. The third kappa shape index (κ3) is 4.58. The lowest BCUT2D eigenvalue weighted by Gasteiger charge is -2.18. The van der Waals surface area contributed by atoms with Crippen LogP contribution in [0.3, 0.4) is 0 Å². The van der Waals surface area contributed by atoms with E-state index in [1.165, 1.54) is 11.3 Å². The van der Waals surface area contributed by atoms with Crippen molar-refractivity contribution in [2.75, 3.05) is 18.5 Å². The average molecular weight is 397 g/mol. The van der Waals surface area contributed by atoms with Gasteiger partial charge in [0.1, 0.15) is 30.6 Å². The molecule has 144 valence electrons. The summed E-state index contributed by atoms with van der Waals surface area (Å²) in [5, 5.41) is 5.54. The molecule has 1 amide bonds. The van der Waals surface area contributed by atoms with Crippen molar-refractivity contribution in [3.8, 4) is 17.2 Å². The molecule has 0 fully saturated rings. The number of fused-ring (bicyclic) bond motifs is 1. The number of ether oxygens (including phenoxy) is 3. The molecule has 1 aromatic carbocycles. The van der Waals surface area contributed by atoms with E-state index in [0.717, 1.165) is 10.7 Å². The highest BCUT2D eigenvalue weighted by Crippen LogP contribution is 2.32. The van der Waals surface area contributed by atoms with E-state index in [-0.39, 0.29) is 12.3 Å². The van der Waals surface area contributed by atoms with Gasteiger partial charge in [-0.1, -0.05) is 0 Å². The Morgan fingerprint density at radius 2 is 2.07 bits per heavy atom. The van der Waals surface area contributed by atoms with Crippen LogP contribution in [0.15, 0.2) is 41.9 Å². The molecule has 0 atom stereocenters. The first-order chi connectivity index (χ1) is 13.7. The molecule has 4 rings (SSSR count). The third-order valence-electron chi connectivity index (χ3n) is 4.01. The number of benzene rings is 1. The van der Waals surface area contributed by atoms with E-state index in [0.29, 0.717) is 48.5 Å². The predicted molar refractivity (Wildman–Crippen MR) is 105 cm³/mol. The second-order valence-electron chi connectivity index (χ2n) is 6.24. The van der Waals surface area contributed by atoms with Gasteiger partial charge in [-0.05, 0) is 31.2 Å². The number of pyridine rings is 1. The highest BCUT2D eigenvalue weighted by Gasteiger charge is 2.14. The number of carbonyl (C=O) groups excluding carboxylic acids is 1. The zero-order chi connectivity index (χ0) is 19.3. The van der Waals surface area contributed by atoms with Gasteiger partial charge in [0.25, 0.3) is 0 Å². The summed E-state index contributed by atoms with van der Waals surface area (Å²) in [6.07, 6.45) is 1.88. The maximum absolute atomic E-state index is 12.3. The molecule has 3 heterocycles. The first-order valence-electron chi connectivity index (χ1n) is 8.84. The Balaban J connectivity index is 1.30. The summed E-state index contributed by atoms with van der Waals surface area (Å²) in [6, 6.07) is 9.12. The van der Waals surface area contributed by atoms with E-state index in [1.807, 2.05) is 24.4 Å². The predicted octanol–water partition coefficient (Wildman–Crippen LogP) is 3.38. The summed E-state index contributed by atoms with van der Waals surface area (Å²) in [5.74, 6) is 1.88. The SMILES string of the molecule is Cc1ccc(OCc2nc(CC(=O)Nc3ccc4c(c3)OCCO4)cs2)cn1. The fourth-order valence-corrected chi connectivity index (χ4v) is 3.38. The third-order valence-corrected chi connectivity index (χ3v) is 4.88. The van der Waals surface area contributed by atoms with Crippen LogP contribution in [-0.4, -0.2) is 29.1 Å². The lowest BCUT2D eigenvalue weighted by Crippen LogP contribution is -2.17. The number of hydrogen-bond donors (Lipinski definition) is 1. The first kappa shape index (κ1) is 18.2. The average Bonchev–Trinajstić information content (AvgIpc) is 3.14. The monoisotopic (exact) mass is 397 g/mol. The van der Waals surface area contributed by atoms with Gasteiger partial charge >= 0.3 is 0 Å². The normalized spacial score (nSPS) is 12.5. The van der Waals surface area contributed by atoms with Gasteiger partial charge < -0.3 is 19.5 Å². The van der Waals surface area contributed by atoms with Crippen LogP contribution in [-0.2, 0) is 17.8 Å². The van der Waals surface area contributed by atoms with Crippen molar-refractivity contribution in [1.29, 1.82) is 0 Å². The molecule has 1 N–H and O–H groups in total. The maximum Gasteiger partial charge on any atom is 0.230 e. The molecule has 2 aromatic heterocycles. The van der Waals surface area contributed by atoms with Crippen molar-refractivity contribution in [2.24, 2.45) is 0 Å². The van der Waals surface area contributed by atoms with Crippen molar-refractivity contribution in [1.82, 2.24) is 9.97 Å². The topological polar surface area (TPSA) is 82.6 Å². The molecule has 8 heteroatoms. The van der Waals surface area contributed by atoms with E-state index in [2.05, 4.69) is 15.3 Å². The number of nitrogens with zero attached hydrogens (tertiary/aromatic N) is 2. The Morgan fingerprint density at radius 1 is 1.21 bits per heavy atom. The molecular formula is C20H19N3O4S. The van der Waals surface area contributed by atoms with Crippen molar-refractivity contribution < 1.29 is 19.0 Å². The molecule has 0 aliphatic carbocycles. The fraction of sp³-hybridized carbons (Fsp3) is 0.250. The smallest absolute Gasteiger partial charge is 0.230 e. The highest BCUT2D eigenvalue weighted by atomic mass is 32.1. The number of aryl methyl sites for hydroxylation is 1. The molecule has 3 aromatic rings. The molecule has 0 spiro atoms. The lowest BCUT2D eigenvalue weighted by molar-refractivity contribution is -0.115. The molecular weight excluding hydrogens is 378 g/mol. The second kappa shape index (κ2) is 8.26. The van der Waals surface area contributed by atoms with Crippen molar-refractivity contribution in [3.63, 3.8) is 0 Å². The number of rotatable bonds is 6. The number of hydrogen-bond acceptors (Lipinski definition) is 7. The molecule has 0 saturated carbocycles. The number of anilines is 1. The van der Waals surface area contributed by atoms with E-state index < -0.39 is 0 Å². The van der Waals surface area contributed by atoms with Crippen LogP contribution in [0.2, 0.25) is 0 Å². The van der Waals surface area contributed by atoms with Gasteiger partial charge in [-0.2, -0.15) is 0 Å². The summed E-state index contributed by atoms with van der Waals surface area (Å²) in [6.45, 7) is 3.31. The molecule has 0 unspecified atom stereocenters. The van der Waals surface area contributed by atoms with E-state index in [4.69, 9.17) is 14.2 Å². The van der Waals surface area contributed by atoms with Gasteiger partial charge in [-0.3, -0.25) is 9.78 Å². The van der Waals surface area contributed by atoms with Gasteiger partial charge in [0.2, 0.25) is 5.91 Å². The first-order valence-corrected chi connectivity index (χ1v) is 9.72. The maximum atomic E-state index is 12.3. The van der Waals surface area contributed by atoms with Gasteiger partial charge in [-0.25, -0.2) is 4.98 Å². The second-order valence-corrected chi connectivity index (χ2v) is 7.18. The van der Waals surface area contributed by atoms with Crippen molar-refractivity contribution in [2.45, 2.75) is 20.0 Å². The highest BCUT2D eigenvalue weighted by molar-refractivity contribution is 7.09. The van der Waals surface area contributed by atoms with E-state index in [1.54, 1.807) is 24.4 Å². The number of nitrogens with one attached hydrogen (secondary N) is 1. The van der Waals surface area contributed by atoms with Crippen molar-refractivity contribution >= 4 is 22.9 Å². The van der Waals surface area contributed by atoms with Gasteiger partial charge in [0.15, 0.2) is 11.5 Å². The number of thiazole rings is 1. The molecule has 28 heavy (non-hydrogen) atoms. The van der Waals surface area contributed by atoms with Crippen LogP contribution in [0.4, 0.5) is 5.69 Å². The largest absolute Gasteiger partial charge is 0.486 e. The molecule has 7 nitrogen and oxygen atoms in total. The quantitative estimate of drug-likeness (QED) is 0.687. The van der Waals surface area contributed by atoms with Gasteiger partial charge in [0.05, 0.1) is 18.3 Å². The van der Waals surface area contributed by atoms with E-state index >= 15 is 0 Å². The standard InChI is InChI=1S/C20H19N3O4S/c1-13-2-4-16(10-21-13)27-11-20-23-15(12-28-20)9-19(24)22-14-3-5-17-18(8-14)26-7-6-25-17/h2-5,8,10,12H,6-7,9,11H2,1H3,(H,22,24). The summed E-state index contributed by atoms with van der Waals surface area (Å²) < 4.78 is 16.7. The Morgan fingerprint density at radius 3 is 2.89 bits per heavy atom. The zero-order valence-corrected chi connectivity index (χ0v) is 16.1. The Bertz CT molecular complexity index is 972. The molecule has 0 bridgehead atoms. The summed E-state index contributed by atoms with van der Waals surface area (Å²) in [5.41, 5.74) is 2.31. The lowest BCUT2D eigenvalue weighted by atomic mass is 10.2. The van der Waals surface area contributed by atoms with Crippen LogP contribution in [0.1, 0.15) is 16.4 Å². The molecule has 0 radical (unpaired) electrons. The fourth-order valence-electron chi connectivity index (χ4n) is 2.67. The van der Waals surface area contributed by atoms with Gasteiger partial charge in [0, 0.05) is 22.8 Å². The molecule has 0 saturated heterocycles. The summed E-state index contributed by atoms with van der Waals surface area (Å²) in [7, 11) is 0. The zero-order valence-electron chi connectivity index (χ0n) is 15.3. The minimum atomic E-state index is -0.141. The number of amides is 1. The summed E-state index contributed by atoms with van der Waals surface area (Å²) >= 11 is 1.47.